The van der Waals surface area contributed by atoms with Gasteiger partial charge in [0.25, 0.3) is 5.91 Å². The van der Waals surface area contributed by atoms with Gasteiger partial charge in [-0.3, -0.25) is 9.59 Å². The van der Waals surface area contributed by atoms with Crippen LogP contribution < -0.4 is 10.8 Å². The first-order valence-corrected chi connectivity index (χ1v) is 16.9. The van der Waals surface area contributed by atoms with Crippen LogP contribution in [0.25, 0.3) is 0 Å². The number of nitrogens with one attached hydrogen (secondary N) is 2. The Hall–Kier alpha value is -3.94. The zero-order valence-electron chi connectivity index (χ0n) is 32.3. The summed E-state index contributed by atoms with van der Waals surface area (Å²) in [4.78, 5) is 68.9. The predicted octanol–water partition coefficient (Wildman–Crippen LogP) is 5.43. The molecule has 1 rings (SSSR count). The van der Waals surface area contributed by atoms with Gasteiger partial charge >= 0.3 is 5.97 Å². The lowest BCUT2D eigenvalue weighted by Gasteiger charge is -2.20. The number of carbonyl (C=O) groups is 6. The van der Waals surface area contributed by atoms with Crippen molar-refractivity contribution in [2.45, 2.75) is 105 Å². The topological polar surface area (TPSA) is 167 Å². The second kappa shape index (κ2) is 37.9. The number of hydroxylamine groups is 1. The number of benzene rings is 1. The zero-order chi connectivity index (χ0) is 39.2. The molecule has 0 aliphatic heterocycles. The molecule has 50 heavy (non-hydrogen) atoms. The van der Waals surface area contributed by atoms with Crippen LogP contribution in [0.3, 0.4) is 0 Å². The maximum Gasteiger partial charge on any atom is 0.336 e. The second-order valence-electron chi connectivity index (χ2n) is 10.8. The third-order valence-electron chi connectivity index (χ3n) is 6.25. The highest BCUT2D eigenvalue weighted by molar-refractivity contribution is 5.87. The molecule has 0 unspecified atom stereocenters. The van der Waals surface area contributed by atoms with Crippen molar-refractivity contribution >= 4 is 42.8 Å². The van der Waals surface area contributed by atoms with Crippen LogP contribution >= 0.6 is 0 Å². The first-order valence-electron chi connectivity index (χ1n) is 16.9. The maximum absolute atomic E-state index is 11.8. The summed E-state index contributed by atoms with van der Waals surface area (Å²) in [5.74, 6) is -1.06. The van der Waals surface area contributed by atoms with Crippen molar-refractivity contribution in [3.8, 4) is 0 Å². The van der Waals surface area contributed by atoms with Gasteiger partial charge in [-0.25, -0.2) is 4.79 Å². The third kappa shape index (κ3) is 32.6. The summed E-state index contributed by atoms with van der Waals surface area (Å²) in [6.07, 6.45) is 9.37. The van der Waals surface area contributed by atoms with Crippen molar-refractivity contribution in [1.29, 1.82) is 0 Å². The van der Waals surface area contributed by atoms with Gasteiger partial charge in [0.05, 0.1) is 25.2 Å². The van der Waals surface area contributed by atoms with Gasteiger partial charge in [-0.1, -0.05) is 45.4 Å². The van der Waals surface area contributed by atoms with Crippen LogP contribution in [0.1, 0.15) is 97.6 Å². The quantitative estimate of drug-likeness (QED) is 0.0766. The van der Waals surface area contributed by atoms with Gasteiger partial charge in [0, 0.05) is 66.4 Å². The number of likely N-dealkylation sites (N-methyl/N-ethyl adjacent to an activating group) is 1. The minimum atomic E-state index is -0.581. The standard InChI is InChI=1S/C18H26N2O5.C10H17NO2.C6H14O2.C2H6.CH2O/c1-3-4-10-24-13-14-7-8-15(16(11-14)19-2)12-18(23)25-20-17(22)6-5-9-21;1-3-7-10(13)11(2)8-5-4-6-9-12;1-6(2,8-4)5-7-3;2*1-2/h7-9,11,19H,3-6,10,12-13H2,1-2H3,(H,20,22);3,7,9H,4-6,8H2,1-2H3;5H2,1-4H3;1-2H3;1H2/b;7-3-;;;. The van der Waals surface area contributed by atoms with Crippen molar-refractivity contribution in [2.75, 3.05) is 53.4 Å². The molecular weight excluding hydrogens is 646 g/mol. The molecule has 2 amide bonds. The number of allylic oxidation sites excluding steroid dienone is 1. The molecule has 0 saturated heterocycles. The Kier molecular flexibility index (Phi) is 40.0. The van der Waals surface area contributed by atoms with Crippen LogP contribution in [0, 0.1) is 0 Å². The number of hydrogen-bond donors (Lipinski definition) is 2. The maximum atomic E-state index is 11.8. The first-order chi connectivity index (χ1) is 23.9. The Morgan fingerprint density at radius 3 is 2.14 bits per heavy atom. The summed E-state index contributed by atoms with van der Waals surface area (Å²) in [7, 11) is 6.89. The monoisotopic (exact) mass is 711 g/mol. The molecule has 0 spiro atoms. The van der Waals surface area contributed by atoms with Gasteiger partial charge in [-0.2, -0.15) is 5.48 Å². The number of ether oxygens (including phenoxy) is 3. The number of aldehydes is 2. The van der Waals surface area contributed by atoms with Crippen LogP contribution in [0.2, 0.25) is 0 Å². The number of carbonyl (C=O) groups excluding carboxylic acids is 6. The molecule has 0 aliphatic carbocycles. The van der Waals surface area contributed by atoms with Crippen molar-refractivity contribution in [3.05, 3.63) is 41.5 Å². The van der Waals surface area contributed by atoms with E-state index in [0.29, 0.717) is 25.9 Å². The molecule has 0 bridgehead atoms. The number of hydrogen-bond acceptors (Lipinski definition) is 11. The smallest absolute Gasteiger partial charge is 0.336 e. The van der Waals surface area contributed by atoms with Gasteiger partial charge < -0.3 is 43.6 Å². The van der Waals surface area contributed by atoms with Crippen molar-refractivity contribution in [1.82, 2.24) is 10.4 Å². The Labute approximate surface area is 300 Å². The number of rotatable bonds is 20. The fourth-order valence-electron chi connectivity index (χ4n) is 3.45. The van der Waals surface area contributed by atoms with Gasteiger partial charge in [0.2, 0.25) is 5.91 Å². The average Bonchev–Trinajstić information content (AvgIpc) is 3.13. The molecule has 13 heteroatoms. The van der Waals surface area contributed by atoms with E-state index < -0.39 is 11.9 Å². The number of amides is 2. The minimum Gasteiger partial charge on any atom is -0.388 e. The van der Waals surface area contributed by atoms with Crippen LogP contribution in [-0.4, -0.2) is 95.7 Å². The van der Waals surface area contributed by atoms with E-state index in [-0.39, 0.29) is 30.8 Å². The summed E-state index contributed by atoms with van der Waals surface area (Å²) < 4.78 is 15.5. The number of unbranched alkanes of at least 4 members (excludes halogenated alkanes) is 3. The van der Waals surface area contributed by atoms with E-state index in [4.69, 9.17) is 23.8 Å². The van der Waals surface area contributed by atoms with E-state index in [9.17, 15) is 24.0 Å². The number of anilines is 1. The normalized spacial score (nSPS) is 9.88. The van der Waals surface area contributed by atoms with Crippen LogP contribution in [0.15, 0.2) is 30.4 Å². The minimum absolute atomic E-state index is 0.00866. The zero-order valence-corrected chi connectivity index (χ0v) is 32.3. The summed E-state index contributed by atoms with van der Waals surface area (Å²) in [5.41, 5.74) is 4.48. The average molecular weight is 712 g/mol. The van der Waals surface area contributed by atoms with E-state index >= 15 is 0 Å². The molecule has 0 heterocycles. The second-order valence-corrected chi connectivity index (χ2v) is 10.8. The van der Waals surface area contributed by atoms with Gasteiger partial charge in [0.1, 0.15) is 19.4 Å². The molecule has 0 saturated carbocycles. The fourth-order valence-corrected chi connectivity index (χ4v) is 3.45. The summed E-state index contributed by atoms with van der Waals surface area (Å²) in [5, 5.41) is 3.05. The van der Waals surface area contributed by atoms with Crippen LogP contribution in [-0.2, 0) is 60.8 Å². The molecule has 1 aromatic rings. The molecule has 0 aliphatic rings. The predicted molar refractivity (Wildman–Crippen MR) is 198 cm³/mol. The van der Waals surface area contributed by atoms with E-state index in [0.717, 1.165) is 61.9 Å². The largest absolute Gasteiger partial charge is 0.388 e. The van der Waals surface area contributed by atoms with E-state index in [1.807, 2.05) is 65.1 Å². The molecule has 288 valence electrons. The summed E-state index contributed by atoms with van der Waals surface area (Å²) in [6.45, 7) is 16.5. The molecule has 0 aromatic heterocycles. The first kappa shape index (κ1) is 52.9. The molecule has 13 nitrogen and oxygen atoms in total. The van der Waals surface area contributed by atoms with E-state index in [2.05, 4.69) is 12.2 Å². The number of methoxy groups -OCH3 is 2. The fraction of sp³-hybridized carbons (Fsp3) is 0.622. The molecule has 2 N–H and O–H groups in total. The highest BCUT2D eigenvalue weighted by Gasteiger charge is 2.14. The van der Waals surface area contributed by atoms with Crippen molar-refractivity contribution in [2.24, 2.45) is 0 Å². The SMILES string of the molecule is C/C=C\C(=O)N(C)CCCCC=O.C=O.CC.CCCCOCc1ccc(CC(=O)ONC(=O)CCC=O)c(NC)c1.COCC(C)(C)OC. The summed E-state index contributed by atoms with van der Waals surface area (Å²) >= 11 is 0. The summed E-state index contributed by atoms with van der Waals surface area (Å²) in [6, 6.07) is 5.66. The highest BCUT2D eigenvalue weighted by Crippen LogP contribution is 2.19. The van der Waals surface area contributed by atoms with Crippen molar-refractivity contribution < 1.29 is 47.8 Å². The lowest BCUT2D eigenvalue weighted by molar-refractivity contribution is -0.157. The van der Waals surface area contributed by atoms with E-state index in [1.54, 1.807) is 45.4 Å². The molecule has 1 aromatic carbocycles. The number of nitrogens with zero attached hydrogens (tertiary/aromatic N) is 1. The Bertz CT molecular complexity index is 1050. The van der Waals surface area contributed by atoms with Crippen LogP contribution in [0.4, 0.5) is 5.69 Å². The third-order valence-corrected chi connectivity index (χ3v) is 6.25. The lowest BCUT2D eigenvalue weighted by Crippen LogP contribution is -2.28. The Balaban J connectivity index is -0.000000353. The highest BCUT2D eigenvalue weighted by atomic mass is 16.7. The molecule has 0 fully saturated rings. The lowest BCUT2D eigenvalue weighted by atomic mass is 10.1. The Morgan fingerprint density at radius 1 is 1.00 bits per heavy atom. The van der Waals surface area contributed by atoms with Crippen LogP contribution in [0.5, 0.6) is 0 Å². The van der Waals surface area contributed by atoms with Crippen molar-refractivity contribution in [3.63, 3.8) is 0 Å². The van der Waals surface area contributed by atoms with E-state index in [1.165, 1.54) is 0 Å². The molecular formula is C37H65N3O10. The molecule has 0 atom stereocenters. The molecule has 0 radical (unpaired) electrons. The Morgan fingerprint density at radius 2 is 1.64 bits per heavy atom. The van der Waals surface area contributed by atoms with Gasteiger partial charge in [-0.15, -0.1) is 0 Å². The van der Waals surface area contributed by atoms with Gasteiger partial charge in [0.15, 0.2) is 0 Å². The van der Waals surface area contributed by atoms with Gasteiger partial charge in [-0.05, 0) is 63.3 Å².